The predicted octanol–water partition coefficient (Wildman–Crippen LogP) is 1.95. The second-order valence-corrected chi connectivity index (χ2v) is 4.00. The molecule has 0 radical (unpaired) electrons. The van der Waals surface area contributed by atoms with Crippen molar-refractivity contribution < 1.29 is 9.90 Å². The Balaban J connectivity index is 2.59. The van der Waals surface area contributed by atoms with Gasteiger partial charge in [-0.15, -0.1) is 0 Å². The molecule has 1 unspecified atom stereocenters. The third kappa shape index (κ3) is 1.77. The summed E-state index contributed by atoms with van der Waals surface area (Å²) in [7, 11) is 0. The molecule has 0 aliphatic rings. The van der Waals surface area contributed by atoms with Crippen LogP contribution in [0.15, 0.2) is 24.4 Å². The van der Waals surface area contributed by atoms with E-state index in [1.807, 2.05) is 6.07 Å². The highest BCUT2D eigenvalue weighted by atomic mass is 35.5. The van der Waals surface area contributed by atoms with Gasteiger partial charge < -0.3 is 15.8 Å². The molecule has 84 valence electrons. The average molecular weight is 239 g/mol. The van der Waals surface area contributed by atoms with Crippen molar-refractivity contribution in [2.75, 3.05) is 6.54 Å². The number of nitrogens with two attached hydrogens (primary N) is 1. The minimum absolute atomic E-state index is 0.0643. The Hall–Kier alpha value is -1.52. The molecule has 4 nitrogen and oxygen atoms in total. The molecule has 0 saturated heterocycles. The van der Waals surface area contributed by atoms with Crippen LogP contribution < -0.4 is 5.73 Å². The largest absolute Gasteiger partial charge is 0.481 e. The van der Waals surface area contributed by atoms with Gasteiger partial charge >= 0.3 is 5.97 Å². The van der Waals surface area contributed by atoms with Gasteiger partial charge in [-0.25, -0.2) is 0 Å². The van der Waals surface area contributed by atoms with E-state index in [9.17, 15) is 4.79 Å². The van der Waals surface area contributed by atoms with E-state index < -0.39 is 11.9 Å². The predicted molar refractivity (Wildman–Crippen MR) is 62.7 cm³/mol. The van der Waals surface area contributed by atoms with Gasteiger partial charge in [0.2, 0.25) is 0 Å². The second kappa shape index (κ2) is 4.15. The number of halogens is 1. The molecule has 0 fully saturated rings. The molecule has 1 aromatic carbocycles. The van der Waals surface area contributed by atoms with E-state index in [0.29, 0.717) is 10.6 Å². The zero-order valence-electron chi connectivity index (χ0n) is 8.40. The van der Waals surface area contributed by atoms with Gasteiger partial charge in [-0.1, -0.05) is 11.6 Å². The van der Waals surface area contributed by atoms with E-state index in [1.54, 1.807) is 18.3 Å². The van der Waals surface area contributed by atoms with Crippen LogP contribution in [0.3, 0.4) is 0 Å². The van der Waals surface area contributed by atoms with E-state index in [1.165, 1.54) is 0 Å². The molecule has 0 aliphatic carbocycles. The van der Waals surface area contributed by atoms with Gasteiger partial charge in [0.15, 0.2) is 0 Å². The van der Waals surface area contributed by atoms with Crippen molar-refractivity contribution in [3.63, 3.8) is 0 Å². The SMILES string of the molecule is NCC(C(=O)O)c1c[nH]c2ccc(Cl)cc12. The first kappa shape index (κ1) is 11.0. The number of H-pyrrole nitrogens is 1. The zero-order valence-corrected chi connectivity index (χ0v) is 9.16. The van der Waals surface area contributed by atoms with Crippen LogP contribution in [0.2, 0.25) is 5.02 Å². The van der Waals surface area contributed by atoms with E-state index in [4.69, 9.17) is 22.4 Å². The van der Waals surface area contributed by atoms with Crippen molar-refractivity contribution in [1.29, 1.82) is 0 Å². The minimum atomic E-state index is -0.927. The van der Waals surface area contributed by atoms with Gasteiger partial charge in [0.05, 0.1) is 5.92 Å². The van der Waals surface area contributed by atoms with Crippen molar-refractivity contribution in [3.8, 4) is 0 Å². The van der Waals surface area contributed by atoms with Crippen LogP contribution in [0.5, 0.6) is 0 Å². The van der Waals surface area contributed by atoms with Crippen LogP contribution in [-0.2, 0) is 4.79 Å². The molecule has 16 heavy (non-hydrogen) atoms. The molecule has 1 heterocycles. The van der Waals surface area contributed by atoms with Crippen molar-refractivity contribution in [1.82, 2.24) is 4.98 Å². The van der Waals surface area contributed by atoms with Crippen LogP contribution in [0.4, 0.5) is 0 Å². The van der Waals surface area contributed by atoms with Crippen LogP contribution in [0, 0.1) is 0 Å². The van der Waals surface area contributed by atoms with Gasteiger partial charge in [-0.3, -0.25) is 4.79 Å². The van der Waals surface area contributed by atoms with Gasteiger partial charge in [-0.05, 0) is 23.8 Å². The van der Waals surface area contributed by atoms with Crippen LogP contribution in [0.1, 0.15) is 11.5 Å². The lowest BCUT2D eigenvalue weighted by molar-refractivity contribution is -0.138. The van der Waals surface area contributed by atoms with Crippen molar-refractivity contribution >= 4 is 28.5 Å². The highest BCUT2D eigenvalue weighted by molar-refractivity contribution is 6.31. The summed E-state index contributed by atoms with van der Waals surface area (Å²) in [4.78, 5) is 14.0. The Morgan fingerprint density at radius 2 is 2.31 bits per heavy atom. The van der Waals surface area contributed by atoms with Crippen molar-refractivity contribution in [2.24, 2.45) is 5.73 Å². The van der Waals surface area contributed by atoms with Crippen molar-refractivity contribution in [3.05, 3.63) is 35.0 Å². The quantitative estimate of drug-likeness (QED) is 0.765. The number of hydrogen-bond donors (Lipinski definition) is 3. The van der Waals surface area contributed by atoms with E-state index >= 15 is 0 Å². The molecular weight excluding hydrogens is 228 g/mol. The fraction of sp³-hybridized carbons (Fsp3) is 0.182. The number of rotatable bonds is 3. The average Bonchev–Trinajstić information content (AvgIpc) is 2.62. The number of benzene rings is 1. The van der Waals surface area contributed by atoms with Crippen LogP contribution in [-0.4, -0.2) is 22.6 Å². The Kier molecular flexibility index (Phi) is 2.85. The highest BCUT2D eigenvalue weighted by Gasteiger charge is 2.21. The van der Waals surface area contributed by atoms with E-state index in [-0.39, 0.29) is 6.54 Å². The fourth-order valence-corrected chi connectivity index (χ4v) is 1.94. The third-order valence-electron chi connectivity index (χ3n) is 2.59. The maximum absolute atomic E-state index is 11.0. The van der Waals surface area contributed by atoms with Gasteiger partial charge in [0.25, 0.3) is 0 Å². The Bertz CT molecular complexity index is 536. The minimum Gasteiger partial charge on any atom is -0.481 e. The summed E-state index contributed by atoms with van der Waals surface area (Å²) < 4.78 is 0. The number of aliphatic carboxylic acids is 1. The molecule has 5 heteroatoms. The maximum Gasteiger partial charge on any atom is 0.312 e. The Morgan fingerprint density at radius 3 is 2.94 bits per heavy atom. The molecule has 0 bridgehead atoms. The first-order valence-corrected chi connectivity index (χ1v) is 5.20. The number of hydrogen-bond acceptors (Lipinski definition) is 2. The molecule has 4 N–H and O–H groups in total. The molecule has 2 aromatic rings. The Labute approximate surface area is 97.0 Å². The molecule has 1 atom stereocenters. The summed E-state index contributed by atoms with van der Waals surface area (Å²) in [6, 6.07) is 5.31. The number of fused-ring (bicyclic) bond motifs is 1. The van der Waals surface area contributed by atoms with Gasteiger partial charge in [0, 0.05) is 28.7 Å². The molecule has 0 aliphatic heterocycles. The normalized spacial score (nSPS) is 12.9. The van der Waals surface area contributed by atoms with Crippen molar-refractivity contribution in [2.45, 2.75) is 5.92 Å². The summed E-state index contributed by atoms with van der Waals surface area (Å²) in [5, 5.41) is 10.4. The number of aromatic nitrogens is 1. The summed E-state index contributed by atoms with van der Waals surface area (Å²) >= 11 is 5.88. The summed E-state index contributed by atoms with van der Waals surface area (Å²) in [6.07, 6.45) is 1.67. The third-order valence-corrected chi connectivity index (χ3v) is 2.82. The zero-order chi connectivity index (χ0) is 11.7. The second-order valence-electron chi connectivity index (χ2n) is 3.56. The first-order chi connectivity index (χ1) is 7.63. The van der Waals surface area contributed by atoms with Crippen LogP contribution in [0.25, 0.3) is 10.9 Å². The standard InChI is InChI=1S/C11H11ClN2O2/c12-6-1-2-10-7(3-6)9(5-14-10)8(4-13)11(15)16/h1-3,5,8,14H,4,13H2,(H,15,16). The Morgan fingerprint density at radius 1 is 1.56 bits per heavy atom. The van der Waals surface area contributed by atoms with Gasteiger partial charge in [-0.2, -0.15) is 0 Å². The number of carbonyl (C=O) groups is 1. The first-order valence-electron chi connectivity index (χ1n) is 4.83. The van der Waals surface area contributed by atoms with E-state index in [2.05, 4.69) is 4.98 Å². The number of carboxylic acid groups (broad SMARTS) is 1. The number of nitrogens with one attached hydrogen (secondary N) is 1. The lowest BCUT2D eigenvalue weighted by Gasteiger charge is -2.08. The molecule has 1 aromatic heterocycles. The summed E-state index contributed by atoms with van der Waals surface area (Å²) in [5.41, 5.74) is 7.00. The smallest absolute Gasteiger partial charge is 0.312 e. The number of carboxylic acids is 1. The lowest BCUT2D eigenvalue weighted by Crippen LogP contribution is -2.20. The fourth-order valence-electron chi connectivity index (χ4n) is 1.76. The molecular formula is C11H11ClN2O2. The summed E-state index contributed by atoms with van der Waals surface area (Å²) in [5.74, 6) is -1.63. The lowest BCUT2D eigenvalue weighted by atomic mass is 9.99. The highest BCUT2D eigenvalue weighted by Crippen LogP contribution is 2.27. The van der Waals surface area contributed by atoms with E-state index in [0.717, 1.165) is 10.9 Å². The maximum atomic E-state index is 11.0. The molecule has 2 rings (SSSR count). The van der Waals surface area contributed by atoms with Crippen LogP contribution >= 0.6 is 11.6 Å². The molecule has 0 saturated carbocycles. The molecule has 0 spiro atoms. The molecule has 0 amide bonds. The topological polar surface area (TPSA) is 79.1 Å². The monoisotopic (exact) mass is 238 g/mol. The summed E-state index contributed by atoms with van der Waals surface area (Å²) in [6.45, 7) is 0.0643. The van der Waals surface area contributed by atoms with Gasteiger partial charge in [0.1, 0.15) is 0 Å². The number of aromatic amines is 1.